The van der Waals surface area contributed by atoms with Gasteiger partial charge in [-0.2, -0.15) is 0 Å². The van der Waals surface area contributed by atoms with Gasteiger partial charge in [0.05, 0.1) is 19.3 Å². The van der Waals surface area contributed by atoms with Crippen molar-refractivity contribution in [2.24, 2.45) is 0 Å². The topological polar surface area (TPSA) is 93.1 Å². The van der Waals surface area contributed by atoms with E-state index in [1.165, 1.54) is 12.0 Å². The third kappa shape index (κ3) is 6.67. The van der Waals surface area contributed by atoms with Crippen LogP contribution in [-0.2, 0) is 25.7 Å². The first-order chi connectivity index (χ1) is 13.0. The van der Waals surface area contributed by atoms with E-state index in [1.807, 2.05) is 30.3 Å². The molecule has 1 heterocycles. The van der Waals surface area contributed by atoms with Crippen LogP contribution in [-0.4, -0.2) is 53.7 Å². The molecule has 1 aromatic rings. The van der Waals surface area contributed by atoms with Gasteiger partial charge in [-0.3, -0.25) is 9.59 Å². The molecule has 7 heteroatoms. The summed E-state index contributed by atoms with van der Waals surface area (Å²) in [4.78, 5) is 37.0. The maximum atomic E-state index is 12.4. The van der Waals surface area contributed by atoms with Crippen molar-refractivity contribution < 1.29 is 29.0 Å². The van der Waals surface area contributed by atoms with E-state index in [0.717, 1.165) is 12.0 Å². The molecule has 1 aliphatic heterocycles. The van der Waals surface area contributed by atoms with Crippen LogP contribution >= 0.6 is 0 Å². The van der Waals surface area contributed by atoms with Crippen LogP contribution in [0, 0.1) is 0 Å². The molecule has 2 atom stereocenters. The maximum absolute atomic E-state index is 12.4. The second-order valence-corrected chi connectivity index (χ2v) is 6.68. The molecule has 0 radical (unpaired) electrons. The molecule has 0 aliphatic carbocycles. The zero-order valence-electron chi connectivity index (χ0n) is 15.6. The lowest BCUT2D eigenvalue weighted by Gasteiger charge is -2.27. The second kappa shape index (κ2) is 10.7. The van der Waals surface area contributed by atoms with E-state index in [2.05, 4.69) is 4.74 Å². The van der Waals surface area contributed by atoms with Crippen molar-refractivity contribution in [3.63, 3.8) is 0 Å². The number of ether oxygens (including phenoxy) is 2. The third-order valence-corrected chi connectivity index (χ3v) is 4.68. The van der Waals surface area contributed by atoms with Crippen LogP contribution in [0.5, 0.6) is 0 Å². The number of carbonyl (C=O) groups is 3. The Morgan fingerprint density at radius 3 is 2.67 bits per heavy atom. The predicted octanol–water partition coefficient (Wildman–Crippen LogP) is 2.45. The van der Waals surface area contributed by atoms with Gasteiger partial charge in [0.2, 0.25) is 0 Å². The van der Waals surface area contributed by atoms with Gasteiger partial charge in [-0.05, 0) is 24.8 Å². The highest BCUT2D eigenvalue weighted by atomic mass is 16.6. The first kappa shape index (κ1) is 20.9. The number of aliphatic hydroxyl groups is 1. The van der Waals surface area contributed by atoms with Crippen LogP contribution in [0.2, 0.25) is 0 Å². The number of hydrogen-bond acceptors (Lipinski definition) is 6. The van der Waals surface area contributed by atoms with Gasteiger partial charge in [0.15, 0.2) is 0 Å². The number of ketones is 1. The molecule has 1 amide bonds. The summed E-state index contributed by atoms with van der Waals surface area (Å²) in [5.74, 6) is -0.484. The van der Waals surface area contributed by atoms with Crippen LogP contribution in [0.15, 0.2) is 30.3 Å². The van der Waals surface area contributed by atoms with E-state index < -0.39 is 18.2 Å². The van der Waals surface area contributed by atoms with Crippen molar-refractivity contribution in [1.29, 1.82) is 0 Å². The van der Waals surface area contributed by atoms with Gasteiger partial charge in [-0.25, -0.2) is 4.79 Å². The van der Waals surface area contributed by atoms with Crippen molar-refractivity contribution in [3.05, 3.63) is 35.9 Å². The smallest absolute Gasteiger partial charge is 0.410 e. The van der Waals surface area contributed by atoms with E-state index in [4.69, 9.17) is 4.74 Å². The summed E-state index contributed by atoms with van der Waals surface area (Å²) in [6.45, 7) is 0.678. The van der Waals surface area contributed by atoms with Crippen LogP contribution in [0.25, 0.3) is 0 Å². The summed E-state index contributed by atoms with van der Waals surface area (Å²) in [6.07, 6.45) is 0.744. The Bertz CT molecular complexity index is 633. The van der Waals surface area contributed by atoms with E-state index in [0.29, 0.717) is 19.4 Å². The Balaban J connectivity index is 1.78. The lowest BCUT2D eigenvalue weighted by Crippen LogP contribution is -2.43. The number of esters is 1. The Labute approximate surface area is 159 Å². The molecule has 0 unspecified atom stereocenters. The van der Waals surface area contributed by atoms with Gasteiger partial charge in [0.1, 0.15) is 12.4 Å². The quantitative estimate of drug-likeness (QED) is 0.665. The number of carbonyl (C=O) groups excluding carboxylic acids is 3. The lowest BCUT2D eigenvalue weighted by molar-refractivity contribution is -0.140. The fourth-order valence-electron chi connectivity index (χ4n) is 3.22. The molecule has 1 fully saturated rings. The van der Waals surface area contributed by atoms with Gasteiger partial charge < -0.3 is 19.5 Å². The molecule has 0 bridgehead atoms. The number of hydrogen-bond donors (Lipinski definition) is 1. The minimum Gasteiger partial charge on any atom is -0.469 e. The number of aliphatic hydroxyl groups excluding tert-OH is 1. The summed E-state index contributed by atoms with van der Waals surface area (Å²) >= 11 is 0. The summed E-state index contributed by atoms with van der Waals surface area (Å²) in [6, 6.07) is 8.96. The number of rotatable bonds is 9. The highest BCUT2D eigenvalue weighted by Gasteiger charge is 2.35. The fourth-order valence-corrected chi connectivity index (χ4v) is 3.22. The lowest BCUT2D eigenvalue weighted by atomic mass is 10.0. The summed E-state index contributed by atoms with van der Waals surface area (Å²) in [5.41, 5.74) is 0.892. The minimum atomic E-state index is -0.928. The third-order valence-electron chi connectivity index (χ3n) is 4.68. The molecule has 0 spiro atoms. The number of Topliss-reactive ketones (excluding diaryl/α,β-unsaturated/α-hetero) is 1. The van der Waals surface area contributed by atoms with E-state index in [9.17, 15) is 19.5 Å². The zero-order valence-corrected chi connectivity index (χ0v) is 15.6. The summed E-state index contributed by atoms with van der Waals surface area (Å²) in [5, 5.41) is 10.4. The van der Waals surface area contributed by atoms with E-state index >= 15 is 0 Å². The first-order valence-corrected chi connectivity index (χ1v) is 9.25. The Kier molecular flexibility index (Phi) is 8.26. The number of nitrogens with zero attached hydrogens (tertiary/aromatic N) is 1. The average Bonchev–Trinajstić information content (AvgIpc) is 3.16. The molecular weight excluding hydrogens is 350 g/mol. The SMILES string of the molecule is COC(=O)CCCC(=O)C[C@@H](O)[C@@H]1CCCN1C(=O)OCc1ccccc1. The van der Waals surface area contributed by atoms with Crippen LogP contribution < -0.4 is 0 Å². The zero-order chi connectivity index (χ0) is 19.6. The van der Waals surface area contributed by atoms with Crippen molar-refractivity contribution in [3.8, 4) is 0 Å². The molecule has 1 aromatic carbocycles. The van der Waals surface area contributed by atoms with E-state index in [-0.39, 0.29) is 37.6 Å². The van der Waals surface area contributed by atoms with Crippen molar-refractivity contribution in [1.82, 2.24) is 4.90 Å². The monoisotopic (exact) mass is 377 g/mol. The van der Waals surface area contributed by atoms with Gasteiger partial charge in [-0.1, -0.05) is 30.3 Å². The second-order valence-electron chi connectivity index (χ2n) is 6.68. The molecule has 27 heavy (non-hydrogen) atoms. The summed E-state index contributed by atoms with van der Waals surface area (Å²) < 4.78 is 9.87. The molecule has 1 N–H and O–H groups in total. The maximum Gasteiger partial charge on any atom is 0.410 e. The van der Waals surface area contributed by atoms with Crippen LogP contribution in [0.4, 0.5) is 4.79 Å². The van der Waals surface area contributed by atoms with Crippen molar-refractivity contribution >= 4 is 17.8 Å². The van der Waals surface area contributed by atoms with Crippen molar-refractivity contribution in [2.45, 2.75) is 57.3 Å². The highest BCUT2D eigenvalue weighted by molar-refractivity contribution is 5.80. The molecule has 148 valence electrons. The number of amides is 1. The van der Waals surface area contributed by atoms with Crippen molar-refractivity contribution in [2.75, 3.05) is 13.7 Å². The number of benzene rings is 1. The van der Waals surface area contributed by atoms with Gasteiger partial charge >= 0.3 is 12.1 Å². The van der Waals surface area contributed by atoms with Gasteiger partial charge in [0, 0.05) is 25.8 Å². The normalized spacial score (nSPS) is 17.4. The predicted molar refractivity (Wildman–Crippen MR) is 97.9 cm³/mol. The number of methoxy groups -OCH3 is 1. The van der Waals surface area contributed by atoms with Gasteiger partial charge in [0.25, 0.3) is 0 Å². The fraction of sp³-hybridized carbons (Fsp3) is 0.550. The molecule has 7 nitrogen and oxygen atoms in total. The molecule has 1 aliphatic rings. The Hall–Kier alpha value is -2.41. The standard InChI is InChI=1S/C20H27NO6/c1-26-19(24)11-5-9-16(22)13-18(23)17-10-6-12-21(17)20(25)27-14-15-7-3-2-4-8-15/h2-4,7-8,17-18,23H,5-6,9-14H2,1H3/t17-,18+/m0/s1. The molecule has 1 saturated heterocycles. The highest BCUT2D eigenvalue weighted by Crippen LogP contribution is 2.23. The van der Waals surface area contributed by atoms with Crippen LogP contribution in [0.1, 0.15) is 44.1 Å². The molecule has 2 rings (SSSR count). The van der Waals surface area contributed by atoms with E-state index in [1.54, 1.807) is 0 Å². The molecule has 0 saturated carbocycles. The number of likely N-dealkylation sites (tertiary alicyclic amines) is 1. The molecular formula is C20H27NO6. The Morgan fingerprint density at radius 2 is 1.96 bits per heavy atom. The largest absolute Gasteiger partial charge is 0.469 e. The average molecular weight is 377 g/mol. The molecule has 0 aromatic heterocycles. The minimum absolute atomic E-state index is 0.0334. The van der Waals surface area contributed by atoms with Gasteiger partial charge in [-0.15, -0.1) is 0 Å². The first-order valence-electron chi connectivity index (χ1n) is 9.25. The Morgan fingerprint density at radius 1 is 1.22 bits per heavy atom. The van der Waals surface area contributed by atoms with Crippen LogP contribution in [0.3, 0.4) is 0 Å². The summed E-state index contributed by atoms with van der Waals surface area (Å²) in [7, 11) is 1.31.